The van der Waals surface area contributed by atoms with Crippen molar-refractivity contribution in [3.63, 3.8) is 0 Å². The average molecular weight is 453 g/mol. The van der Waals surface area contributed by atoms with Crippen molar-refractivity contribution in [2.24, 2.45) is 5.92 Å². The smallest absolute Gasteiger partial charge is 0.416 e. The van der Waals surface area contributed by atoms with Gasteiger partial charge in [0.05, 0.1) is 18.7 Å². The fraction of sp³-hybridized carbons (Fsp3) is 0.652. The first-order valence-electron chi connectivity index (χ1n) is 11.2. The molecule has 1 aromatic carbocycles. The van der Waals surface area contributed by atoms with Crippen molar-refractivity contribution < 1.29 is 22.7 Å². The quantitative estimate of drug-likeness (QED) is 0.681. The summed E-state index contributed by atoms with van der Waals surface area (Å²) in [6, 6.07) is 5.95. The molecule has 1 amide bonds. The fourth-order valence-electron chi connectivity index (χ4n) is 4.59. The van der Waals surface area contributed by atoms with Gasteiger partial charge in [-0.2, -0.15) is 18.4 Å². The molecule has 1 N–H and O–H groups in total. The highest BCUT2D eigenvalue weighted by Crippen LogP contribution is 2.35. The summed E-state index contributed by atoms with van der Waals surface area (Å²) in [5.41, 5.74) is -0.137. The van der Waals surface area contributed by atoms with Crippen LogP contribution >= 0.6 is 0 Å². The molecular formula is C23H31F3N4O2. The minimum atomic E-state index is -4.40. The molecule has 0 unspecified atom stereocenters. The number of hydrogen-bond donors (Lipinski definition) is 1. The number of alkyl halides is 3. The van der Waals surface area contributed by atoms with Gasteiger partial charge in [0, 0.05) is 44.0 Å². The van der Waals surface area contributed by atoms with Crippen molar-refractivity contribution >= 4 is 11.6 Å². The topological polar surface area (TPSA) is 68.6 Å². The predicted molar refractivity (Wildman–Crippen MR) is 115 cm³/mol. The minimum absolute atomic E-state index is 0.0841. The number of nitriles is 1. The molecule has 0 bridgehead atoms. The SMILES string of the molecule is COc1cc(N2CCN(CC[C@H]3CC[C@H](NC(=O)CC#N)CC3)CC2)cc(C(F)(F)F)c1. The number of carbonyl (C=O) groups excluding carboxylic acids is 1. The Hall–Kier alpha value is -2.47. The standard InChI is InChI=1S/C23H31F3N4O2/c1-32-21-15-18(23(24,25)26)14-20(16-21)30-12-10-29(11-13-30)9-7-17-2-4-19(5-3-17)28-22(31)6-8-27/h14-17,19H,2-7,9-13H2,1H3,(H,28,31)/t17-,19-. The lowest BCUT2D eigenvalue weighted by Crippen LogP contribution is -2.47. The van der Waals surface area contributed by atoms with E-state index in [1.165, 1.54) is 13.2 Å². The first-order chi connectivity index (χ1) is 15.3. The zero-order chi connectivity index (χ0) is 23.1. The first kappa shape index (κ1) is 24.2. The van der Waals surface area contributed by atoms with E-state index >= 15 is 0 Å². The van der Waals surface area contributed by atoms with Gasteiger partial charge in [-0.15, -0.1) is 0 Å². The molecule has 1 aliphatic heterocycles. The molecule has 3 rings (SSSR count). The maximum atomic E-state index is 13.2. The summed E-state index contributed by atoms with van der Waals surface area (Å²) in [5, 5.41) is 11.5. The highest BCUT2D eigenvalue weighted by molar-refractivity contribution is 5.78. The van der Waals surface area contributed by atoms with Gasteiger partial charge in [0.1, 0.15) is 12.2 Å². The highest BCUT2D eigenvalue weighted by Gasteiger charge is 2.32. The number of halogens is 3. The zero-order valence-electron chi connectivity index (χ0n) is 18.5. The number of nitrogens with one attached hydrogen (secondary N) is 1. The fourth-order valence-corrected chi connectivity index (χ4v) is 4.59. The normalized spacial score (nSPS) is 22.3. The summed E-state index contributed by atoms with van der Waals surface area (Å²) >= 11 is 0. The van der Waals surface area contributed by atoms with E-state index in [0.717, 1.165) is 57.8 Å². The van der Waals surface area contributed by atoms with Crippen molar-refractivity contribution in [2.45, 2.75) is 50.7 Å². The molecule has 1 saturated heterocycles. The van der Waals surface area contributed by atoms with Gasteiger partial charge in [-0.3, -0.25) is 9.69 Å². The number of benzene rings is 1. The number of ether oxygens (including phenoxy) is 1. The Morgan fingerprint density at radius 3 is 2.44 bits per heavy atom. The third kappa shape index (κ3) is 6.76. The third-order valence-corrected chi connectivity index (χ3v) is 6.50. The van der Waals surface area contributed by atoms with Crippen LogP contribution in [0.2, 0.25) is 0 Å². The number of nitrogens with zero attached hydrogens (tertiary/aromatic N) is 3. The number of anilines is 1. The maximum Gasteiger partial charge on any atom is 0.416 e. The van der Waals surface area contributed by atoms with Crippen LogP contribution in [0.3, 0.4) is 0 Å². The number of hydrogen-bond acceptors (Lipinski definition) is 5. The molecule has 32 heavy (non-hydrogen) atoms. The molecule has 0 aromatic heterocycles. The van der Waals surface area contributed by atoms with Crippen LogP contribution in [0.4, 0.5) is 18.9 Å². The van der Waals surface area contributed by atoms with Crippen LogP contribution in [0.15, 0.2) is 18.2 Å². The first-order valence-corrected chi connectivity index (χ1v) is 11.2. The Labute approximate surface area is 187 Å². The Bertz CT molecular complexity index is 808. The number of carbonyl (C=O) groups is 1. The molecule has 6 nitrogen and oxygen atoms in total. The van der Waals surface area contributed by atoms with Crippen LogP contribution in [0.1, 0.15) is 44.1 Å². The Morgan fingerprint density at radius 2 is 1.84 bits per heavy atom. The minimum Gasteiger partial charge on any atom is -0.497 e. The van der Waals surface area contributed by atoms with Crippen molar-refractivity contribution in [2.75, 3.05) is 44.7 Å². The molecule has 1 saturated carbocycles. The summed E-state index contributed by atoms with van der Waals surface area (Å²) in [6.45, 7) is 3.98. The van der Waals surface area contributed by atoms with E-state index in [1.807, 2.05) is 11.0 Å². The summed E-state index contributed by atoms with van der Waals surface area (Å²) in [5.74, 6) is 0.661. The molecule has 9 heteroatoms. The van der Waals surface area contributed by atoms with Gasteiger partial charge >= 0.3 is 6.18 Å². The molecule has 1 aliphatic carbocycles. The van der Waals surface area contributed by atoms with Crippen molar-refractivity contribution in [3.8, 4) is 11.8 Å². The average Bonchev–Trinajstić information content (AvgIpc) is 2.78. The lowest BCUT2D eigenvalue weighted by atomic mass is 9.84. The van der Waals surface area contributed by atoms with Crippen LogP contribution < -0.4 is 15.0 Å². The summed E-state index contributed by atoms with van der Waals surface area (Å²) in [7, 11) is 1.38. The van der Waals surface area contributed by atoms with Crippen LogP contribution in [0.5, 0.6) is 5.75 Å². The predicted octanol–water partition coefficient (Wildman–Crippen LogP) is 3.81. The van der Waals surface area contributed by atoms with E-state index in [2.05, 4.69) is 10.2 Å². The number of amides is 1. The molecular weight excluding hydrogens is 421 g/mol. The number of methoxy groups -OCH3 is 1. The van der Waals surface area contributed by atoms with Gasteiger partial charge in [-0.25, -0.2) is 0 Å². The Morgan fingerprint density at radius 1 is 1.16 bits per heavy atom. The lowest BCUT2D eigenvalue weighted by Gasteiger charge is -2.37. The largest absolute Gasteiger partial charge is 0.497 e. The van der Waals surface area contributed by atoms with Gasteiger partial charge in [-0.05, 0) is 56.7 Å². The second kappa shape index (κ2) is 10.9. The molecule has 0 atom stereocenters. The van der Waals surface area contributed by atoms with Gasteiger partial charge in [0.2, 0.25) is 5.91 Å². The number of rotatable bonds is 7. The zero-order valence-corrected chi connectivity index (χ0v) is 18.5. The van der Waals surface area contributed by atoms with Gasteiger partial charge in [0.25, 0.3) is 0 Å². The second-order valence-corrected chi connectivity index (χ2v) is 8.65. The Kier molecular flexibility index (Phi) is 8.24. The van der Waals surface area contributed by atoms with Crippen molar-refractivity contribution in [1.29, 1.82) is 5.26 Å². The van der Waals surface area contributed by atoms with Crippen molar-refractivity contribution in [3.05, 3.63) is 23.8 Å². The molecule has 2 fully saturated rings. The number of piperazine rings is 1. The van der Waals surface area contributed by atoms with E-state index in [0.29, 0.717) is 24.7 Å². The highest BCUT2D eigenvalue weighted by atomic mass is 19.4. The van der Waals surface area contributed by atoms with Crippen LogP contribution in [-0.2, 0) is 11.0 Å². The van der Waals surface area contributed by atoms with Gasteiger partial charge < -0.3 is 15.0 Å². The lowest BCUT2D eigenvalue weighted by molar-refractivity contribution is -0.137. The molecule has 176 valence electrons. The molecule has 0 spiro atoms. The van der Waals surface area contributed by atoms with E-state index in [9.17, 15) is 18.0 Å². The summed E-state index contributed by atoms with van der Waals surface area (Å²) < 4.78 is 44.7. The second-order valence-electron chi connectivity index (χ2n) is 8.65. The van der Waals surface area contributed by atoms with Crippen LogP contribution in [0, 0.1) is 17.2 Å². The van der Waals surface area contributed by atoms with Gasteiger partial charge in [-0.1, -0.05) is 0 Å². The molecule has 0 radical (unpaired) electrons. The summed E-state index contributed by atoms with van der Waals surface area (Å²) in [6.07, 6.45) is 0.654. The Balaban J connectivity index is 1.42. The van der Waals surface area contributed by atoms with E-state index in [1.54, 1.807) is 6.07 Å². The van der Waals surface area contributed by atoms with E-state index in [-0.39, 0.29) is 24.1 Å². The van der Waals surface area contributed by atoms with Crippen molar-refractivity contribution in [1.82, 2.24) is 10.2 Å². The third-order valence-electron chi connectivity index (χ3n) is 6.50. The summed E-state index contributed by atoms with van der Waals surface area (Å²) in [4.78, 5) is 15.9. The molecule has 2 aliphatic rings. The molecule has 1 aromatic rings. The van der Waals surface area contributed by atoms with E-state index < -0.39 is 11.7 Å². The van der Waals surface area contributed by atoms with E-state index in [4.69, 9.17) is 10.00 Å². The van der Waals surface area contributed by atoms with Crippen LogP contribution in [-0.4, -0.2) is 56.7 Å². The maximum absolute atomic E-state index is 13.2. The molecule has 1 heterocycles. The van der Waals surface area contributed by atoms with Crippen LogP contribution in [0.25, 0.3) is 0 Å². The monoisotopic (exact) mass is 452 g/mol. The van der Waals surface area contributed by atoms with Gasteiger partial charge in [0.15, 0.2) is 0 Å².